The molecular formula is C20H20FN. The van der Waals surface area contributed by atoms with E-state index in [1.807, 2.05) is 18.2 Å². The van der Waals surface area contributed by atoms with Crippen LogP contribution in [0.4, 0.5) is 4.39 Å². The van der Waals surface area contributed by atoms with Gasteiger partial charge in [0.25, 0.3) is 0 Å². The summed E-state index contributed by atoms with van der Waals surface area (Å²) in [5.74, 6) is 0.634. The number of hydrogen-bond acceptors (Lipinski definition) is 1. The van der Waals surface area contributed by atoms with Crippen LogP contribution in [0.25, 0.3) is 11.1 Å². The van der Waals surface area contributed by atoms with Crippen molar-refractivity contribution in [2.45, 2.75) is 39.0 Å². The van der Waals surface area contributed by atoms with Crippen LogP contribution in [0.2, 0.25) is 0 Å². The van der Waals surface area contributed by atoms with Gasteiger partial charge in [0.15, 0.2) is 0 Å². The third-order valence-electron chi connectivity index (χ3n) is 4.67. The van der Waals surface area contributed by atoms with E-state index in [1.165, 1.54) is 18.4 Å². The van der Waals surface area contributed by atoms with E-state index in [1.54, 1.807) is 12.1 Å². The number of fused-ring (bicyclic) bond motifs is 1. The van der Waals surface area contributed by atoms with Crippen LogP contribution in [0.1, 0.15) is 42.9 Å². The van der Waals surface area contributed by atoms with Crippen LogP contribution in [-0.4, -0.2) is 0 Å². The number of nitriles is 1. The minimum absolute atomic E-state index is 0.0721. The molecule has 1 atom stereocenters. The zero-order chi connectivity index (χ0) is 15.5. The summed E-state index contributed by atoms with van der Waals surface area (Å²) in [5, 5.41) is 8.86. The quantitative estimate of drug-likeness (QED) is 0.756. The Morgan fingerprint density at radius 2 is 1.95 bits per heavy atom. The van der Waals surface area contributed by atoms with Crippen LogP contribution in [0.5, 0.6) is 0 Å². The molecule has 3 rings (SSSR count). The first-order valence-electron chi connectivity index (χ1n) is 8.03. The van der Waals surface area contributed by atoms with Crippen molar-refractivity contribution in [2.24, 2.45) is 5.92 Å². The standard InChI is InChI=1S/C20H20FN/c1-2-3-14-6-10-19-17(12-14)9-11-18(20(19)21)16-7-4-15(13-22)5-8-16/h4-5,7-9,11,14H,2-3,6,10,12H2,1H3. The predicted octanol–water partition coefficient (Wildman–Crippen LogP) is 5.27. The lowest BCUT2D eigenvalue weighted by Gasteiger charge is -2.25. The van der Waals surface area contributed by atoms with Gasteiger partial charge in [0, 0.05) is 5.56 Å². The van der Waals surface area contributed by atoms with E-state index in [4.69, 9.17) is 5.26 Å². The van der Waals surface area contributed by atoms with Gasteiger partial charge in [-0.25, -0.2) is 4.39 Å². The van der Waals surface area contributed by atoms with Gasteiger partial charge >= 0.3 is 0 Å². The van der Waals surface area contributed by atoms with Gasteiger partial charge in [0.1, 0.15) is 5.82 Å². The second-order valence-electron chi connectivity index (χ2n) is 6.15. The largest absolute Gasteiger partial charge is 0.206 e. The summed E-state index contributed by atoms with van der Waals surface area (Å²) in [4.78, 5) is 0. The summed E-state index contributed by atoms with van der Waals surface area (Å²) in [6, 6.07) is 13.2. The van der Waals surface area contributed by atoms with Crippen molar-refractivity contribution in [1.82, 2.24) is 0 Å². The SMILES string of the molecule is CCCC1CCc2c(ccc(-c3ccc(C#N)cc3)c2F)C1. The molecule has 2 heteroatoms. The van der Waals surface area contributed by atoms with E-state index in [0.29, 0.717) is 17.0 Å². The maximum atomic E-state index is 14.9. The monoisotopic (exact) mass is 293 g/mol. The Kier molecular flexibility index (Phi) is 4.24. The van der Waals surface area contributed by atoms with Crippen molar-refractivity contribution in [1.29, 1.82) is 5.26 Å². The highest BCUT2D eigenvalue weighted by atomic mass is 19.1. The van der Waals surface area contributed by atoms with Crippen LogP contribution >= 0.6 is 0 Å². The Morgan fingerprint density at radius 1 is 1.18 bits per heavy atom. The van der Waals surface area contributed by atoms with Crippen molar-refractivity contribution in [3.8, 4) is 17.2 Å². The van der Waals surface area contributed by atoms with Gasteiger partial charge in [-0.3, -0.25) is 0 Å². The van der Waals surface area contributed by atoms with Crippen LogP contribution in [0.3, 0.4) is 0 Å². The highest BCUT2D eigenvalue weighted by Gasteiger charge is 2.22. The molecule has 0 aromatic heterocycles. The van der Waals surface area contributed by atoms with Crippen molar-refractivity contribution < 1.29 is 4.39 Å². The molecule has 0 spiro atoms. The first-order valence-corrected chi connectivity index (χ1v) is 8.03. The molecule has 1 unspecified atom stereocenters. The average Bonchev–Trinajstić information content (AvgIpc) is 2.56. The molecule has 0 radical (unpaired) electrons. The molecule has 0 saturated heterocycles. The smallest absolute Gasteiger partial charge is 0.134 e. The van der Waals surface area contributed by atoms with Gasteiger partial charge < -0.3 is 0 Å². The third-order valence-corrected chi connectivity index (χ3v) is 4.67. The zero-order valence-corrected chi connectivity index (χ0v) is 12.9. The summed E-state index contributed by atoms with van der Waals surface area (Å²) >= 11 is 0. The molecule has 0 amide bonds. The molecule has 0 N–H and O–H groups in total. The van der Waals surface area contributed by atoms with E-state index in [-0.39, 0.29) is 5.82 Å². The number of rotatable bonds is 3. The van der Waals surface area contributed by atoms with E-state index >= 15 is 0 Å². The first kappa shape index (κ1) is 14.8. The maximum absolute atomic E-state index is 14.9. The van der Waals surface area contributed by atoms with E-state index in [2.05, 4.69) is 19.1 Å². The van der Waals surface area contributed by atoms with Crippen molar-refractivity contribution in [3.63, 3.8) is 0 Å². The lowest BCUT2D eigenvalue weighted by molar-refractivity contribution is 0.415. The Labute approximate surface area is 131 Å². The summed E-state index contributed by atoms with van der Waals surface area (Å²) in [5.41, 5.74) is 4.17. The van der Waals surface area contributed by atoms with Crippen LogP contribution in [-0.2, 0) is 12.8 Å². The van der Waals surface area contributed by atoms with Crippen molar-refractivity contribution >= 4 is 0 Å². The van der Waals surface area contributed by atoms with Gasteiger partial charge in [-0.15, -0.1) is 0 Å². The maximum Gasteiger partial charge on any atom is 0.134 e. The van der Waals surface area contributed by atoms with Gasteiger partial charge in [-0.05, 0) is 54.0 Å². The Balaban J connectivity index is 1.94. The van der Waals surface area contributed by atoms with Gasteiger partial charge in [-0.2, -0.15) is 5.26 Å². The van der Waals surface area contributed by atoms with E-state index in [9.17, 15) is 4.39 Å². The molecule has 0 saturated carbocycles. The average molecular weight is 293 g/mol. The van der Waals surface area contributed by atoms with Gasteiger partial charge in [0.05, 0.1) is 11.6 Å². The molecule has 1 aliphatic carbocycles. The molecule has 1 nitrogen and oxygen atoms in total. The highest BCUT2D eigenvalue weighted by molar-refractivity contribution is 5.67. The second kappa shape index (κ2) is 6.32. The molecule has 1 aliphatic rings. The highest BCUT2D eigenvalue weighted by Crippen LogP contribution is 2.34. The topological polar surface area (TPSA) is 23.8 Å². The molecule has 112 valence electrons. The lowest BCUT2D eigenvalue weighted by atomic mass is 9.80. The molecule has 2 aromatic carbocycles. The number of benzene rings is 2. The fourth-order valence-electron chi connectivity index (χ4n) is 3.49. The molecule has 0 fully saturated rings. The Bertz CT molecular complexity index is 710. The fraction of sp³-hybridized carbons (Fsp3) is 0.350. The van der Waals surface area contributed by atoms with E-state index in [0.717, 1.165) is 30.4 Å². The van der Waals surface area contributed by atoms with Crippen molar-refractivity contribution in [2.75, 3.05) is 0 Å². The number of hydrogen-bond donors (Lipinski definition) is 0. The normalized spacial score (nSPS) is 16.9. The Hall–Kier alpha value is -2.14. The number of nitrogens with zero attached hydrogens (tertiary/aromatic N) is 1. The van der Waals surface area contributed by atoms with Crippen LogP contribution in [0, 0.1) is 23.1 Å². The van der Waals surface area contributed by atoms with Gasteiger partial charge in [-0.1, -0.05) is 44.0 Å². The summed E-state index contributed by atoms with van der Waals surface area (Å²) in [7, 11) is 0. The number of halogens is 1. The van der Waals surface area contributed by atoms with Crippen LogP contribution < -0.4 is 0 Å². The van der Waals surface area contributed by atoms with Gasteiger partial charge in [0.2, 0.25) is 0 Å². The predicted molar refractivity (Wildman–Crippen MR) is 87.0 cm³/mol. The first-order chi connectivity index (χ1) is 10.7. The molecular weight excluding hydrogens is 273 g/mol. The second-order valence-corrected chi connectivity index (χ2v) is 6.15. The van der Waals surface area contributed by atoms with Crippen LogP contribution in [0.15, 0.2) is 36.4 Å². The van der Waals surface area contributed by atoms with Crippen molar-refractivity contribution in [3.05, 3.63) is 58.9 Å². The summed E-state index contributed by atoms with van der Waals surface area (Å²) in [6.45, 7) is 2.21. The Morgan fingerprint density at radius 3 is 2.64 bits per heavy atom. The van der Waals surface area contributed by atoms with E-state index < -0.39 is 0 Å². The summed E-state index contributed by atoms with van der Waals surface area (Å²) < 4.78 is 14.9. The molecule has 0 aliphatic heterocycles. The minimum atomic E-state index is -0.0721. The molecule has 0 bridgehead atoms. The minimum Gasteiger partial charge on any atom is -0.206 e. The zero-order valence-electron chi connectivity index (χ0n) is 12.9. The molecule has 2 aromatic rings. The summed E-state index contributed by atoms with van der Waals surface area (Å²) in [6.07, 6.45) is 5.38. The lowest BCUT2D eigenvalue weighted by Crippen LogP contribution is -2.15. The third kappa shape index (κ3) is 2.76. The molecule has 22 heavy (non-hydrogen) atoms. The molecule has 0 heterocycles. The fourth-order valence-corrected chi connectivity index (χ4v) is 3.49.